The molecule has 0 spiro atoms. The lowest BCUT2D eigenvalue weighted by Crippen LogP contribution is -2.32. The molecule has 0 aromatic carbocycles. The molecule has 0 radical (unpaired) electrons. The van der Waals surface area contributed by atoms with Gasteiger partial charge < -0.3 is 4.90 Å². The van der Waals surface area contributed by atoms with Crippen molar-refractivity contribution in [3.8, 4) is 0 Å². The fourth-order valence-corrected chi connectivity index (χ4v) is 2.62. The fraction of sp³-hybridized carbons (Fsp3) is 0.571. The molecule has 0 atom stereocenters. The molecule has 19 heavy (non-hydrogen) atoms. The molecule has 104 valence electrons. The largest absolute Gasteiger partial charge is 0.339 e. The predicted octanol–water partition coefficient (Wildman–Crippen LogP) is 4.04. The number of amides is 1. The maximum Gasteiger partial charge on any atom is 0.255 e. The number of carbonyl (C=O) groups excluding carboxylic acids is 1. The van der Waals surface area contributed by atoms with E-state index >= 15 is 0 Å². The van der Waals surface area contributed by atoms with Gasteiger partial charge in [0.25, 0.3) is 5.91 Å². The van der Waals surface area contributed by atoms with E-state index < -0.39 is 0 Å². The van der Waals surface area contributed by atoms with Crippen LogP contribution in [0.2, 0.25) is 10.2 Å². The van der Waals surface area contributed by atoms with Gasteiger partial charge in [0.2, 0.25) is 0 Å². The van der Waals surface area contributed by atoms with E-state index in [1.807, 2.05) is 4.90 Å². The highest BCUT2D eigenvalue weighted by molar-refractivity contribution is 6.41. The van der Waals surface area contributed by atoms with Crippen molar-refractivity contribution in [2.45, 2.75) is 33.1 Å². The Labute approximate surface area is 123 Å². The average molecular weight is 301 g/mol. The first kappa shape index (κ1) is 14.6. The third-order valence-electron chi connectivity index (χ3n) is 3.67. The van der Waals surface area contributed by atoms with Crippen molar-refractivity contribution in [3.63, 3.8) is 0 Å². The summed E-state index contributed by atoms with van der Waals surface area (Å²) < 4.78 is 0. The molecule has 3 nitrogen and oxygen atoms in total. The maximum absolute atomic E-state index is 12.4. The maximum atomic E-state index is 12.4. The quantitative estimate of drug-likeness (QED) is 0.733. The molecule has 0 N–H and O–H groups in total. The zero-order valence-corrected chi connectivity index (χ0v) is 12.8. The number of pyridine rings is 1. The van der Waals surface area contributed by atoms with Crippen molar-refractivity contribution in [1.29, 1.82) is 0 Å². The highest BCUT2D eigenvalue weighted by Gasteiger charge is 2.26. The van der Waals surface area contributed by atoms with Crippen LogP contribution in [0, 0.1) is 5.41 Å². The summed E-state index contributed by atoms with van der Waals surface area (Å²) in [6.07, 6.45) is 4.70. The molecule has 1 amide bonds. The van der Waals surface area contributed by atoms with Gasteiger partial charge in [-0.05, 0) is 30.7 Å². The summed E-state index contributed by atoms with van der Waals surface area (Å²) in [6, 6.07) is 1.59. The molecule has 5 heteroatoms. The molecular formula is C14H18Cl2N2O. The van der Waals surface area contributed by atoms with Crippen LogP contribution in [0.25, 0.3) is 0 Å². The van der Waals surface area contributed by atoms with E-state index in [1.165, 1.54) is 6.20 Å². The van der Waals surface area contributed by atoms with Crippen LogP contribution in [0.3, 0.4) is 0 Å². The Morgan fingerprint density at radius 1 is 1.32 bits per heavy atom. The summed E-state index contributed by atoms with van der Waals surface area (Å²) in [5.74, 6) is -0.0104. The first-order valence-corrected chi connectivity index (χ1v) is 7.25. The second-order valence-corrected chi connectivity index (χ2v) is 6.57. The molecule has 0 aliphatic carbocycles. The van der Waals surface area contributed by atoms with E-state index in [1.54, 1.807) is 6.07 Å². The number of aromatic nitrogens is 1. The Balaban J connectivity index is 2.13. The monoisotopic (exact) mass is 300 g/mol. The van der Waals surface area contributed by atoms with Crippen molar-refractivity contribution in [1.82, 2.24) is 9.88 Å². The second kappa shape index (κ2) is 5.68. The molecule has 0 unspecified atom stereocenters. The molecule has 1 saturated heterocycles. The van der Waals surface area contributed by atoms with Crippen molar-refractivity contribution >= 4 is 29.1 Å². The van der Waals surface area contributed by atoms with Crippen LogP contribution in [-0.2, 0) is 0 Å². The average Bonchev–Trinajstić information content (AvgIpc) is 2.53. The molecule has 0 bridgehead atoms. The van der Waals surface area contributed by atoms with Crippen LogP contribution < -0.4 is 0 Å². The summed E-state index contributed by atoms with van der Waals surface area (Å²) in [7, 11) is 0. The van der Waals surface area contributed by atoms with Gasteiger partial charge in [-0.1, -0.05) is 37.0 Å². The molecule has 1 fully saturated rings. The minimum absolute atomic E-state index is 0.0104. The van der Waals surface area contributed by atoms with Crippen LogP contribution in [-0.4, -0.2) is 28.9 Å². The van der Waals surface area contributed by atoms with Crippen LogP contribution in [0.5, 0.6) is 0 Å². The zero-order chi connectivity index (χ0) is 14.0. The van der Waals surface area contributed by atoms with Crippen molar-refractivity contribution in [3.05, 3.63) is 28.0 Å². The standard InChI is InChI=1S/C14H18Cl2N2O/c1-14(2)4-3-6-18(7-5-14)13(19)10-8-11(15)12(16)17-9-10/h8-9H,3-7H2,1-2H3. The van der Waals surface area contributed by atoms with Crippen LogP contribution in [0.15, 0.2) is 12.3 Å². The summed E-state index contributed by atoms with van der Waals surface area (Å²) in [6.45, 7) is 6.08. The topological polar surface area (TPSA) is 33.2 Å². The lowest BCUT2D eigenvalue weighted by atomic mass is 9.85. The summed E-state index contributed by atoms with van der Waals surface area (Å²) in [4.78, 5) is 18.2. The normalized spacial score (nSPS) is 19.1. The van der Waals surface area contributed by atoms with Crippen molar-refractivity contribution in [2.75, 3.05) is 13.1 Å². The number of halogens is 2. The molecule has 2 rings (SSSR count). The second-order valence-electron chi connectivity index (χ2n) is 5.81. The molecule has 1 aromatic rings. The Bertz CT molecular complexity index is 488. The smallest absolute Gasteiger partial charge is 0.255 e. The van der Waals surface area contributed by atoms with Crippen LogP contribution in [0.4, 0.5) is 0 Å². The fourth-order valence-electron chi connectivity index (χ4n) is 2.35. The van der Waals surface area contributed by atoms with E-state index in [4.69, 9.17) is 23.2 Å². The number of rotatable bonds is 1. The number of hydrogen-bond acceptors (Lipinski definition) is 2. The van der Waals surface area contributed by atoms with Gasteiger partial charge in [0.05, 0.1) is 10.6 Å². The SMILES string of the molecule is CC1(C)CCCN(C(=O)c2cnc(Cl)c(Cl)c2)CC1. The molecular weight excluding hydrogens is 283 g/mol. The third-order valence-corrected chi connectivity index (χ3v) is 4.36. The van der Waals surface area contributed by atoms with Crippen LogP contribution >= 0.6 is 23.2 Å². The van der Waals surface area contributed by atoms with Crippen molar-refractivity contribution in [2.24, 2.45) is 5.41 Å². The highest BCUT2D eigenvalue weighted by Crippen LogP contribution is 2.30. The lowest BCUT2D eigenvalue weighted by Gasteiger charge is -2.23. The Kier molecular flexibility index (Phi) is 4.36. The van der Waals surface area contributed by atoms with E-state index in [9.17, 15) is 4.79 Å². The highest BCUT2D eigenvalue weighted by atomic mass is 35.5. The first-order chi connectivity index (χ1) is 8.89. The summed E-state index contributed by atoms with van der Waals surface area (Å²) in [5.41, 5.74) is 0.819. The van der Waals surface area contributed by atoms with E-state index in [0.717, 1.165) is 32.4 Å². The Hall–Kier alpha value is -0.800. The number of hydrogen-bond donors (Lipinski definition) is 0. The summed E-state index contributed by atoms with van der Waals surface area (Å²) >= 11 is 11.7. The third kappa shape index (κ3) is 3.61. The molecule has 1 aromatic heterocycles. The van der Waals surface area contributed by atoms with Crippen molar-refractivity contribution < 1.29 is 4.79 Å². The molecule has 2 heterocycles. The van der Waals surface area contributed by atoms with Gasteiger partial charge in [-0.15, -0.1) is 0 Å². The summed E-state index contributed by atoms with van der Waals surface area (Å²) in [5, 5.41) is 0.554. The Morgan fingerprint density at radius 3 is 2.74 bits per heavy atom. The van der Waals surface area contributed by atoms with Gasteiger partial charge in [-0.3, -0.25) is 4.79 Å². The van der Waals surface area contributed by atoms with E-state index in [2.05, 4.69) is 18.8 Å². The number of nitrogens with zero attached hydrogens (tertiary/aromatic N) is 2. The van der Waals surface area contributed by atoms with E-state index in [0.29, 0.717) is 16.0 Å². The van der Waals surface area contributed by atoms with Gasteiger partial charge >= 0.3 is 0 Å². The number of likely N-dealkylation sites (tertiary alicyclic amines) is 1. The minimum atomic E-state index is -0.0104. The van der Waals surface area contributed by atoms with Crippen LogP contribution in [0.1, 0.15) is 43.5 Å². The molecule has 1 aliphatic rings. The van der Waals surface area contributed by atoms with Gasteiger partial charge in [-0.2, -0.15) is 0 Å². The Morgan fingerprint density at radius 2 is 2.05 bits per heavy atom. The van der Waals surface area contributed by atoms with Gasteiger partial charge in [0, 0.05) is 19.3 Å². The predicted molar refractivity (Wildman–Crippen MR) is 77.8 cm³/mol. The van der Waals surface area contributed by atoms with Gasteiger partial charge in [-0.25, -0.2) is 4.98 Å². The zero-order valence-electron chi connectivity index (χ0n) is 11.2. The minimum Gasteiger partial charge on any atom is -0.339 e. The number of carbonyl (C=O) groups is 1. The van der Waals surface area contributed by atoms with Gasteiger partial charge in [0.1, 0.15) is 5.15 Å². The van der Waals surface area contributed by atoms with E-state index in [-0.39, 0.29) is 11.1 Å². The molecule has 0 saturated carbocycles. The first-order valence-electron chi connectivity index (χ1n) is 6.49. The van der Waals surface area contributed by atoms with Gasteiger partial charge in [0.15, 0.2) is 0 Å². The lowest BCUT2D eigenvalue weighted by molar-refractivity contribution is 0.0757. The molecule has 1 aliphatic heterocycles.